The molecule has 0 aromatic rings. The van der Waals surface area contributed by atoms with Crippen LogP contribution in [0.15, 0.2) is 85.1 Å². The Bertz CT molecular complexity index is 1520. The van der Waals surface area contributed by atoms with Crippen molar-refractivity contribution in [3.05, 3.63) is 85.1 Å². The number of hydrogen-bond donors (Lipinski definition) is 0. The van der Waals surface area contributed by atoms with Crippen molar-refractivity contribution in [1.29, 1.82) is 0 Å². The maximum Gasteiger partial charge on any atom is 0.306 e. The Labute approximate surface area is 496 Å². The molecule has 0 aromatic heterocycles. The minimum atomic E-state index is -0.806. The van der Waals surface area contributed by atoms with Gasteiger partial charge in [-0.3, -0.25) is 14.4 Å². The molecule has 6 nitrogen and oxygen atoms in total. The Morgan fingerprint density at radius 3 is 0.750 bits per heavy atom. The topological polar surface area (TPSA) is 78.9 Å². The second kappa shape index (κ2) is 68.1. The molecule has 1 atom stereocenters. The van der Waals surface area contributed by atoms with Gasteiger partial charge in [-0.05, 0) is 70.6 Å². The first kappa shape index (κ1) is 76.6. The van der Waals surface area contributed by atoms with Gasteiger partial charge in [0.1, 0.15) is 13.2 Å². The predicted octanol–water partition coefficient (Wildman–Crippen LogP) is 23.8. The van der Waals surface area contributed by atoms with Gasteiger partial charge in [0.15, 0.2) is 6.10 Å². The molecule has 80 heavy (non-hydrogen) atoms. The van der Waals surface area contributed by atoms with Crippen LogP contribution in [-0.2, 0) is 28.6 Å². The molecule has 0 saturated heterocycles. The summed E-state index contributed by atoms with van der Waals surface area (Å²) in [4.78, 5) is 38.4. The lowest BCUT2D eigenvalue weighted by Gasteiger charge is -2.18. The van der Waals surface area contributed by atoms with Crippen LogP contribution in [0.2, 0.25) is 0 Å². The molecule has 0 aromatic carbocycles. The highest BCUT2D eigenvalue weighted by molar-refractivity contribution is 5.71. The van der Waals surface area contributed by atoms with E-state index in [0.717, 1.165) is 89.9 Å². The van der Waals surface area contributed by atoms with Gasteiger partial charge in [-0.15, -0.1) is 0 Å². The van der Waals surface area contributed by atoms with Gasteiger partial charge in [-0.25, -0.2) is 0 Å². The third-order valence-corrected chi connectivity index (χ3v) is 15.2. The van der Waals surface area contributed by atoms with Crippen LogP contribution in [0.3, 0.4) is 0 Å². The summed E-state index contributed by atoms with van der Waals surface area (Å²) in [7, 11) is 0. The van der Waals surface area contributed by atoms with Crippen LogP contribution in [0.4, 0.5) is 0 Å². The van der Waals surface area contributed by atoms with Crippen LogP contribution in [0.5, 0.6) is 0 Å². The Balaban J connectivity index is 4.39. The normalized spacial score (nSPS) is 12.6. The van der Waals surface area contributed by atoms with E-state index in [-0.39, 0.29) is 37.5 Å². The maximum absolute atomic E-state index is 12.9. The number of unbranched alkanes of at least 4 members (excludes halogenated alkanes) is 38. The molecule has 0 spiro atoms. The van der Waals surface area contributed by atoms with Crippen molar-refractivity contribution in [2.75, 3.05) is 13.2 Å². The minimum absolute atomic E-state index is 0.0952. The van der Waals surface area contributed by atoms with Crippen molar-refractivity contribution in [2.45, 2.75) is 354 Å². The number of hydrogen-bond acceptors (Lipinski definition) is 6. The summed E-state index contributed by atoms with van der Waals surface area (Å²) in [6, 6.07) is 0. The first-order valence-corrected chi connectivity index (χ1v) is 34.6. The summed E-state index contributed by atoms with van der Waals surface area (Å²) in [5.41, 5.74) is 0. The van der Waals surface area contributed by atoms with Crippen LogP contribution in [0, 0.1) is 0 Å². The summed E-state index contributed by atoms with van der Waals surface area (Å²) in [5, 5.41) is 0. The molecule has 0 fully saturated rings. The summed E-state index contributed by atoms with van der Waals surface area (Å²) >= 11 is 0. The standard InChI is InChI=1S/C74H130O6/c1-4-7-10-13-16-19-22-25-28-30-32-34-36-38-39-41-43-46-49-52-55-58-61-64-67-73(76)79-70-71(69-78-72(75)66-63-60-57-54-51-48-45-27-24-21-18-15-12-9-6-3)80-74(77)68-65-62-59-56-53-50-47-44-42-40-37-35-33-31-29-26-23-20-17-14-11-8-5-2/h8,11,17,20,26,29,33,35,40,42,47,50,56,59,71H,4-7,9-10,12-16,18-19,21-25,27-28,30-32,34,36-39,41,43-46,48-49,51-55,57-58,60-70H2,1-3H3/b11-8-,20-17-,29-26-,35-33-,42-40-,50-47-,59-56-. The molecule has 0 rings (SSSR count). The smallest absolute Gasteiger partial charge is 0.306 e. The predicted molar refractivity (Wildman–Crippen MR) is 348 cm³/mol. The lowest BCUT2D eigenvalue weighted by atomic mass is 10.0. The lowest BCUT2D eigenvalue weighted by molar-refractivity contribution is -0.167. The third kappa shape index (κ3) is 65.4. The van der Waals surface area contributed by atoms with Gasteiger partial charge in [0, 0.05) is 19.3 Å². The average molecular weight is 1120 g/mol. The van der Waals surface area contributed by atoms with Crippen molar-refractivity contribution < 1.29 is 28.6 Å². The zero-order chi connectivity index (χ0) is 57.8. The fraction of sp³-hybridized carbons (Fsp3) is 0.770. The van der Waals surface area contributed by atoms with Gasteiger partial charge in [-0.1, -0.05) is 343 Å². The van der Waals surface area contributed by atoms with Gasteiger partial charge in [0.25, 0.3) is 0 Å². The van der Waals surface area contributed by atoms with Crippen LogP contribution in [-0.4, -0.2) is 37.2 Å². The van der Waals surface area contributed by atoms with Crippen LogP contribution in [0.25, 0.3) is 0 Å². The van der Waals surface area contributed by atoms with Crippen LogP contribution < -0.4 is 0 Å². The molecule has 0 amide bonds. The molecule has 462 valence electrons. The zero-order valence-corrected chi connectivity index (χ0v) is 53.1. The summed E-state index contributed by atoms with van der Waals surface area (Å²) < 4.78 is 16.9. The van der Waals surface area contributed by atoms with E-state index < -0.39 is 6.10 Å². The van der Waals surface area contributed by atoms with Crippen molar-refractivity contribution >= 4 is 17.9 Å². The number of rotatable bonds is 63. The quantitative estimate of drug-likeness (QED) is 0.0261. The molecule has 6 heteroatoms. The average Bonchev–Trinajstić information content (AvgIpc) is 3.46. The second-order valence-corrected chi connectivity index (χ2v) is 23.1. The number of ether oxygens (including phenoxy) is 3. The lowest BCUT2D eigenvalue weighted by Crippen LogP contribution is -2.30. The van der Waals surface area contributed by atoms with Crippen LogP contribution >= 0.6 is 0 Å². The zero-order valence-electron chi connectivity index (χ0n) is 53.1. The Kier molecular flexibility index (Phi) is 65.2. The third-order valence-electron chi connectivity index (χ3n) is 15.2. The Hall–Kier alpha value is -3.41. The van der Waals surface area contributed by atoms with Gasteiger partial charge in [0.05, 0.1) is 0 Å². The molecule has 1 unspecified atom stereocenters. The first-order chi connectivity index (χ1) is 39.5. The summed E-state index contributed by atoms with van der Waals surface area (Å²) in [5.74, 6) is -0.935. The van der Waals surface area contributed by atoms with E-state index in [2.05, 4.69) is 106 Å². The monoisotopic (exact) mass is 1110 g/mol. The minimum Gasteiger partial charge on any atom is -0.462 e. The highest BCUT2D eigenvalue weighted by Crippen LogP contribution is 2.18. The molecule has 0 N–H and O–H groups in total. The first-order valence-electron chi connectivity index (χ1n) is 34.6. The Morgan fingerprint density at radius 2 is 0.487 bits per heavy atom. The van der Waals surface area contributed by atoms with E-state index in [0.29, 0.717) is 19.3 Å². The van der Waals surface area contributed by atoms with Crippen molar-refractivity contribution in [2.24, 2.45) is 0 Å². The fourth-order valence-electron chi connectivity index (χ4n) is 10.0. The molecule has 0 aliphatic rings. The molecule has 0 saturated carbocycles. The molecule has 0 heterocycles. The van der Waals surface area contributed by atoms with E-state index >= 15 is 0 Å². The highest BCUT2D eigenvalue weighted by Gasteiger charge is 2.19. The molecule has 0 bridgehead atoms. The molecule has 0 aliphatic heterocycles. The van der Waals surface area contributed by atoms with E-state index in [1.165, 1.54) is 212 Å². The maximum atomic E-state index is 12.9. The van der Waals surface area contributed by atoms with E-state index in [1.54, 1.807) is 0 Å². The van der Waals surface area contributed by atoms with E-state index in [4.69, 9.17) is 14.2 Å². The second-order valence-electron chi connectivity index (χ2n) is 23.1. The highest BCUT2D eigenvalue weighted by atomic mass is 16.6. The van der Waals surface area contributed by atoms with Crippen molar-refractivity contribution in [3.63, 3.8) is 0 Å². The molecular weight excluding hydrogens is 985 g/mol. The fourth-order valence-corrected chi connectivity index (χ4v) is 10.0. The number of carbonyl (C=O) groups excluding carboxylic acids is 3. The molecule has 0 radical (unpaired) electrons. The van der Waals surface area contributed by atoms with Crippen molar-refractivity contribution in [1.82, 2.24) is 0 Å². The number of esters is 3. The van der Waals surface area contributed by atoms with E-state index in [9.17, 15) is 14.4 Å². The largest absolute Gasteiger partial charge is 0.462 e. The summed E-state index contributed by atoms with van der Waals surface area (Å²) in [6.45, 7) is 6.54. The SMILES string of the molecule is CC/C=C\C/C=C\C/C=C\C/C=C\C/C=C\C/C=C\C/C=C\CCCC(=O)OC(COC(=O)CCCCCCCCCCCCCCCCC)COC(=O)CCCCCCCCCCCCCCCCCCCCCCCCCC. The van der Waals surface area contributed by atoms with Gasteiger partial charge < -0.3 is 14.2 Å². The molecule has 0 aliphatic carbocycles. The Morgan fingerprint density at radius 1 is 0.263 bits per heavy atom. The van der Waals surface area contributed by atoms with Gasteiger partial charge >= 0.3 is 17.9 Å². The van der Waals surface area contributed by atoms with Gasteiger partial charge in [-0.2, -0.15) is 0 Å². The number of allylic oxidation sites excluding steroid dienone is 14. The van der Waals surface area contributed by atoms with E-state index in [1.807, 2.05) is 0 Å². The van der Waals surface area contributed by atoms with Crippen molar-refractivity contribution in [3.8, 4) is 0 Å². The number of carbonyl (C=O) groups is 3. The van der Waals surface area contributed by atoms with Gasteiger partial charge in [0.2, 0.25) is 0 Å². The van der Waals surface area contributed by atoms with Crippen LogP contribution in [0.1, 0.15) is 348 Å². The summed E-state index contributed by atoms with van der Waals surface area (Å²) in [6.07, 6.45) is 90.4. The molecular formula is C74H130O6.